The Labute approximate surface area is 229 Å². The van der Waals surface area contributed by atoms with Crippen LogP contribution < -0.4 is 14.2 Å². The van der Waals surface area contributed by atoms with Crippen LogP contribution in [-0.4, -0.2) is 40.1 Å². The number of hydrogen-bond donors (Lipinski definition) is 1. The van der Waals surface area contributed by atoms with Gasteiger partial charge in [-0.15, -0.1) is 10.2 Å². The molecule has 0 bridgehead atoms. The van der Waals surface area contributed by atoms with E-state index in [1.165, 1.54) is 0 Å². The van der Waals surface area contributed by atoms with Crippen LogP contribution >= 0.6 is 23.4 Å². The molecule has 1 heterocycles. The zero-order valence-electron chi connectivity index (χ0n) is 21.1. The van der Waals surface area contributed by atoms with Crippen molar-refractivity contribution in [1.29, 1.82) is 0 Å². The third kappa shape index (κ3) is 6.30. The van der Waals surface area contributed by atoms with Crippen molar-refractivity contribution in [3.05, 3.63) is 87.8 Å². The van der Waals surface area contributed by atoms with Crippen molar-refractivity contribution in [3.63, 3.8) is 0 Å². The number of benzene rings is 3. The Morgan fingerprint density at radius 1 is 1.03 bits per heavy atom. The number of nitrogens with zero attached hydrogens (tertiary/aromatic N) is 3. The second-order valence-electron chi connectivity index (χ2n) is 7.99. The average molecular weight is 552 g/mol. The first kappa shape index (κ1) is 27.1. The van der Waals surface area contributed by atoms with Crippen LogP contribution in [0.4, 0.5) is 0 Å². The van der Waals surface area contributed by atoms with Crippen molar-refractivity contribution in [2.75, 3.05) is 14.2 Å². The summed E-state index contributed by atoms with van der Waals surface area (Å²) in [4.78, 5) is 12.3. The molecule has 0 amide bonds. The average Bonchev–Trinajstić information content (AvgIpc) is 3.35. The Hall–Kier alpha value is -3.95. The van der Waals surface area contributed by atoms with E-state index >= 15 is 0 Å². The standard InChI is InChI=1S/C28H26ClN3O5S/c1-4-32-26(20-13-21(35-2)16-22(14-20)36-3)30-31-28(32)38-25(27(33)34)15-18-9-6-8-12-24(18)37-17-19-10-5-7-11-23(19)29/h5-16H,4,17H2,1-3H3,(H,33,34)/b25-15-. The molecule has 0 fully saturated rings. The minimum Gasteiger partial charge on any atom is -0.497 e. The van der Waals surface area contributed by atoms with E-state index in [4.69, 9.17) is 25.8 Å². The second-order valence-corrected chi connectivity index (χ2v) is 9.40. The van der Waals surface area contributed by atoms with Crippen molar-refractivity contribution in [2.24, 2.45) is 0 Å². The highest BCUT2D eigenvalue weighted by Crippen LogP contribution is 2.34. The number of para-hydroxylation sites is 1. The number of aromatic nitrogens is 3. The first-order chi connectivity index (χ1) is 18.4. The van der Waals surface area contributed by atoms with Crippen LogP contribution in [-0.2, 0) is 17.9 Å². The highest BCUT2D eigenvalue weighted by Gasteiger charge is 2.20. The van der Waals surface area contributed by atoms with Gasteiger partial charge in [-0.1, -0.05) is 48.0 Å². The molecule has 0 atom stereocenters. The molecule has 0 aliphatic heterocycles. The number of hydrogen-bond acceptors (Lipinski definition) is 7. The third-order valence-corrected chi connectivity index (χ3v) is 6.97. The lowest BCUT2D eigenvalue weighted by Crippen LogP contribution is -2.03. The lowest BCUT2D eigenvalue weighted by atomic mass is 10.2. The van der Waals surface area contributed by atoms with Crippen LogP contribution in [0.15, 0.2) is 76.8 Å². The van der Waals surface area contributed by atoms with Crippen LogP contribution in [0.2, 0.25) is 5.02 Å². The smallest absolute Gasteiger partial charge is 0.342 e. The largest absolute Gasteiger partial charge is 0.497 e. The van der Waals surface area contributed by atoms with Crippen molar-refractivity contribution in [2.45, 2.75) is 25.2 Å². The summed E-state index contributed by atoms with van der Waals surface area (Å²) in [5.41, 5.74) is 2.19. The molecule has 38 heavy (non-hydrogen) atoms. The van der Waals surface area contributed by atoms with Gasteiger partial charge in [0.25, 0.3) is 0 Å². The maximum absolute atomic E-state index is 12.2. The van der Waals surface area contributed by atoms with Crippen LogP contribution in [0.5, 0.6) is 17.2 Å². The number of carboxylic acids is 1. The van der Waals surface area contributed by atoms with E-state index in [0.29, 0.717) is 45.4 Å². The van der Waals surface area contributed by atoms with Crippen molar-refractivity contribution in [3.8, 4) is 28.6 Å². The van der Waals surface area contributed by atoms with E-state index in [2.05, 4.69) is 10.2 Å². The molecule has 196 valence electrons. The summed E-state index contributed by atoms with van der Waals surface area (Å²) in [6.45, 7) is 2.71. The minimum atomic E-state index is -1.09. The van der Waals surface area contributed by atoms with E-state index in [0.717, 1.165) is 22.9 Å². The molecule has 0 radical (unpaired) electrons. The number of halogens is 1. The zero-order chi connectivity index (χ0) is 27.1. The Balaban J connectivity index is 1.64. The number of carbonyl (C=O) groups is 1. The molecule has 4 rings (SSSR count). The van der Waals surface area contributed by atoms with Gasteiger partial charge in [-0.05, 0) is 49.0 Å². The van der Waals surface area contributed by atoms with Gasteiger partial charge < -0.3 is 23.9 Å². The molecule has 8 nitrogen and oxygen atoms in total. The highest BCUT2D eigenvalue weighted by molar-refractivity contribution is 8.04. The maximum Gasteiger partial charge on any atom is 0.342 e. The summed E-state index contributed by atoms with van der Waals surface area (Å²) in [5, 5.41) is 19.7. The fourth-order valence-electron chi connectivity index (χ4n) is 3.68. The molecule has 0 saturated carbocycles. The monoisotopic (exact) mass is 551 g/mol. The molecule has 0 aliphatic carbocycles. The van der Waals surface area contributed by atoms with Gasteiger partial charge >= 0.3 is 5.97 Å². The molecule has 1 aromatic heterocycles. The van der Waals surface area contributed by atoms with Gasteiger partial charge in [0.05, 0.1) is 14.2 Å². The molecule has 0 saturated heterocycles. The first-order valence-electron chi connectivity index (χ1n) is 11.7. The van der Waals surface area contributed by atoms with Crippen LogP contribution in [0.1, 0.15) is 18.1 Å². The topological polar surface area (TPSA) is 95.7 Å². The molecule has 1 N–H and O–H groups in total. The van der Waals surface area contributed by atoms with Gasteiger partial charge in [0.15, 0.2) is 11.0 Å². The lowest BCUT2D eigenvalue weighted by Gasteiger charge is -2.12. The predicted molar refractivity (Wildman–Crippen MR) is 148 cm³/mol. The SMILES string of the molecule is CCn1c(S/C(=C\c2ccccc2OCc2ccccc2Cl)C(=O)O)nnc1-c1cc(OC)cc(OC)c1. The molecule has 10 heteroatoms. The predicted octanol–water partition coefficient (Wildman–Crippen LogP) is 6.43. The molecular formula is C28H26ClN3O5S. The quantitative estimate of drug-likeness (QED) is 0.168. The maximum atomic E-state index is 12.2. The fourth-order valence-corrected chi connectivity index (χ4v) is 4.74. The number of aliphatic carboxylic acids is 1. The van der Waals surface area contributed by atoms with Crippen LogP contribution in [0.25, 0.3) is 17.5 Å². The lowest BCUT2D eigenvalue weighted by molar-refractivity contribution is -0.131. The first-order valence-corrected chi connectivity index (χ1v) is 12.9. The summed E-state index contributed by atoms with van der Waals surface area (Å²) >= 11 is 7.27. The third-order valence-electron chi connectivity index (χ3n) is 5.60. The Morgan fingerprint density at radius 2 is 1.71 bits per heavy atom. The second kappa shape index (κ2) is 12.5. The molecular weight excluding hydrogens is 526 g/mol. The van der Waals surface area contributed by atoms with Crippen molar-refractivity contribution < 1.29 is 24.1 Å². The summed E-state index contributed by atoms with van der Waals surface area (Å²) in [6.07, 6.45) is 1.57. The molecule has 0 aliphatic rings. The molecule has 4 aromatic rings. The van der Waals surface area contributed by atoms with E-state index in [1.807, 2.05) is 54.0 Å². The van der Waals surface area contributed by atoms with Crippen molar-refractivity contribution in [1.82, 2.24) is 14.8 Å². The van der Waals surface area contributed by atoms with Gasteiger partial charge in [-0.3, -0.25) is 0 Å². The minimum absolute atomic E-state index is 0.0654. The van der Waals surface area contributed by atoms with Gasteiger partial charge in [0.2, 0.25) is 0 Å². The van der Waals surface area contributed by atoms with Gasteiger partial charge in [0.1, 0.15) is 28.8 Å². The highest BCUT2D eigenvalue weighted by atomic mass is 35.5. The Bertz CT molecular complexity index is 1450. The van der Waals surface area contributed by atoms with Gasteiger partial charge in [-0.25, -0.2) is 4.79 Å². The molecule has 0 spiro atoms. The van der Waals surface area contributed by atoms with E-state index in [9.17, 15) is 9.90 Å². The van der Waals surface area contributed by atoms with Crippen LogP contribution in [0.3, 0.4) is 0 Å². The van der Waals surface area contributed by atoms with E-state index in [1.54, 1.807) is 44.6 Å². The molecule has 0 unspecified atom stereocenters. The number of ether oxygens (including phenoxy) is 3. The van der Waals surface area contributed by atoms with Gasteiger partial charge in [0, 0.05) is 34.3 Å². The molecule has 3 aromatic carbocycles. The normalized spacial score (nSPS) is 11.3. The van der Waals surface area contributed by atoms with Gasteiger partial charge in [-0.2, -0.15) is 0 Å². The van der Waals surface area contributed by atoms with Crippen LogP contribution in [0, 0.1) is 0 Å². The summed E-state index contributed by atoms with van der Waals surface area (Å²) in [6, 6.07) is 20.1. The Morgan fingerprint density at radius 3 is 2.37 bits per heavy atom. The summed E-state index contributed by atoms with van der Waals surface area (Å²) in [5.74, 6) is 1.23. The fraction of sp³-hybridized carbons (Fsp3) is 0.179. The van der Waals surface area contributed by atoms with Crippen molar-refractivity contribution >= 4 is 35.4 Å². The number of carboxylic acid groups (broad SMARTS) is 1. The van der Waals surface area contributed by atoms with E-state index in [-0.39, 0.29) is 11.5 Å². The zero-order valence-corrected chi connectivity index (χ0v) is 22.6. The number of methoxy groups -OCH3 is 2. The number of thioether (sulfide) groups is 1. The summed E-state index contributed by atoms with van der Waals surface area (Å²) < 4.78 is 18.6. The number of rotatable bonds is 11. The summed E-state index contributed by atoms with van der Waals surface area (Å²) in [7, 11) is 3.15. The van der Waals surface area contributed by atoms with E-state index < -0.39 is 5.97 Å². The Kier molecular flexibility index (Phi) is 8.93.